The van der Waals surface area contributed by atoms with Crippen LogP contribution in [0.15, 0.2) is 59.5 Å². The van der Waals surface area contributed by atoms with Gasteiger partial charge in [-0.2, -0.15) is 0 Å². The number of carboxylic acid groups (broad SMARTS) is 1. The fourth-order valence-electron chi connectivity index (χ4n) is 2.62. The summed E-state index contributed by atoms with van der Waals surface area (Å²) in [5.41, 5.74) is 0.737. The van der Waals surface area contributed by atoms with E-state index in [0.29, 0.717) is 5.56 Å². The molecule has 0 bridgehead atoms. The van der Waals surface area contributed by atoms with E-state index in [4.69, 9.17) is 0 Å². The molecule has 2 aromatic rings. The summed E-state index contributed by atoms with van der Waals surface area (Å²) in [7, 11) is -3.66. The fraction of sp³-hybridized carbons (Fsp3) is 0.263. The van der Waals surface area contributed by atoms with Gasteiger partial charge in [-0.3, -0.25) is 9.59 Å². The van der Waals surface area contributed by atoms with Crippen LogP contribution in [0.4, 0.5) is 0 Å². The van der Waals surface area contributed by atoms with Gasteiger partial charge in [-0.05, 0) is 36.6 Å². The minimum atomic E-state index is -3.66. The van der Waals surface area contributed by atoms with Gasteiger partial charge in [0.25, 0.3) is 5.91 Å². The highest BCUT2D eigenvalue weighted by molar-refractivity contribution is 7.89. The fourth-order valence-corrected chi connectivity index (χ4v) is 3.97. The lowest BCUT2D eigenvalue weighted by Crippen LogP contribution is -2.32. The van der Waals surface area contributed by atoms with Crippen molar-refractivity contribution in [1.29, 1.82) is 0 Å². The van der Waals surface area contributed by atoms with Gasteiger partial charge in [0.2, 0.25) is 10.0 Å². The number of carbonyl (C=O) groups is 2. The molecule has 8 heteroatoms. The molecule has 1 unspecified atom stereocenters. The van der Waals surface area contributed by atoms with Crippen molar-refractivity contribution in [2.75, 3.05) is 6.54 Å². The highest BCUT2D eigenvalue weighted by Crippen LogP contribution is 2.22. The van der Waals surface area contributed by atoms with Gasteiger partial charge in [-0.1, -0.05) is 36.4 Å². The van der Waals surface area contributed by atoms with Gasteiger partial charge in [-0.15, -0.1) is 0 Å². The van der Waals surface area contributed by atoms with Crippen LogP contribution in [0.5, 0.6) is 0 Å². The molecule has 0 radical (unpaired) electrons. The van der Waals surface area contributed by atoms with Crippen molar-refractivity contribution in [3.8, 4) is 0 Å². The number of amides is 1. The highest BCUT2D eigenvalue weighted by atomic mass is 32.2. The molecule has 2 aromatic carbocycles. The maximum Gasteiger partial charge on any atom is 0.312 e. The van der Waals surface area contributed by atoms with Crippen LogP contribution >= 0.6 is 0 Å². The first-order valence-corrected chi connectivity index (χ1v) is 10.0. The van der Waals surface area contributed by atoms with E-state index < -0.39 is 27.8 Å². The zero-order valence-electron chi connectivity index (χ0n) is 14.5. The molecule has 1 aliphatic rings. The number of carbonyl (C=O) groups excluding carboxylic acids is 1. The Balaban J connectivity index is 1.70. The van der Waals surface area contributed by atoms with Gasteiger partial charge >= 0.3 is 5.97 Å². The Labute approximate surface area is 157 Å². The van der Waals surface area contributed by atoms with Crippen molar-refractivity contribution in [3.63, 3.8) is 0 Å². The van der Waals surface area contributed by atoms with E-state index in [-0.39, 0.29) is 23.0 Å². The predicted molar refractivity (Wildman–Crippen MR) is 98.9 cm³/mol. The van der Waals surface area contributed by atoms with E-state index in [0.717, 1.165) is 12.8 Å². The smallest absolute Gasteiger partial charge is 0.312 e. The molecule has 1 saturated carbocycles. The largest absolute Gasteiger partial charge is 0.481 e. The van der Waals surface area contributed by atoms with E-state index in [1.165, 1.54) is 24.3 Å². The summed E-state index contributed by atoms with van der Waals surface area (Å²) in [5.74, 6) is -2.47. The molecule has 3 N–H and O–H groups in total. The van der Waals surface area contributed by atoms with Gasteiger partial charge in [0.15, 0.2) is 0 Å². The van der Waals surface area contributed by atoms with Crippen LogP contribution in [0, 0.1) is 0 Å². The van der Waals surface area contributed by atoms with Crippen molar-refractivity contribution in [2.24, 2.45) is 0 Å². The summed E-state index contributed by atoms with van der Waals surface area (Å²) < 4.78 is 27.1. The molecule has 1 fully saturated rings. The number of rotatable bonds is 8. The number of hydrogen-bond donors (Lipinski definition) is 3. The van der Waals surface area contributed by atoms with Crippen molar-refractivity contribution in [3.05, 3.63) is 65.7 Å². The van der Waals surface area contributed by atoms with E-state index >= 15 is 0 Å². The summed E-state index contributed by atoms with van der Waals surface area (Å²) >= 11 is 0. The van der Waals surface area contributed by atoms with Crippen LogP contribution < -0.4 is 10.0 Å². The monoisotopic (exact) mass is 388 g/mol. The number of aliphatic carboxylic acids is 1. The van der Waals surface area contributed by atoms with Crippen LogP contribution in [-0.4, -0.2) is 38.0 Å². The molecule has 0 heterocycles. The highest BCUT2D eigenvalue weighted by Gasteiger charge is 2.28. The number of sulfonamides is 1. The third kappa shape index (κ3) is 4.93. The summed E-state index contributed by atoms with van der Waals surface area (Å²) in [6.45, 7) is -0.102. The predicted octanol–water partition coefficient (Wildman–Crippen LogP) is 1.73. The first-order chi connectivity index (χ1) is 12.9. The van der Waals surface area contributed by atoms with Gasteiger partial charge < -0.3 is 10.4 Å². The molecule has 0 aromatic heterocycles. The van der Waals surface area contributed by atoms with Crippen molar-refractivity contribution in [2.45, 2.75) is 29.7 Å². The summed E-state index contributed by atoms with van der Waals surface area (Å²) in [6.07, 6.45) is 1.63. The molecule has 7 nitrogen and oxygen atoms in total. The molecule has 27 heavy (non-hydrogen) atoms. The molecule has 0 spiro atoms. The molecular formula is C19H20N2O5S. The zero-order chi connectivity index (χ0) is 19.4. The Hall–Kier alpha value is -2.71. The van der Waals surface area contributed by atoms with Crippen LogP contribution in [0.2, 0.25) is 0 Å². The lowest BCUT2D eigenvalue weighted by Gasteiger charge is -2.14. The Bertz CT molecular complexity index is 940. The Morgan fingerprint density at radius 3 is 2.41 bits per heavy atom. The van der Waals surface area contributed by atoms with Crippen LogP contribution in [-0.2, 0) is 14.8 Å². The molecule has 0 saturated heterocycles. The zero-order valence-corrected chi connectivity index (χ0v) is 15.3. The molecule has 1 amide bonds. The van der Waals surface area contributed by atoms with Gasteiger partial charge in [0, 0.05) is 18.2 Å². The maximum absolute atomic E-state index is 12.4. The van der Waals surface area contributed by atoms with Crippen LogP contribution in [0.3, 0.4) is 0 Å². The third-order valence-electron chi connectivity index (χ3n) is 4.27. The Morgan fingerprint density at radius 1 is 1.07 bits per heavy atom. The van der Waals surface area contributed by atoms with Crippen molar-refractivity contribution in [1.82, 2.24) is 10.0 Å². The lowest BCUT2D eigenvalue weighted by molar-refractivity contribution is -0.138. The van der Waals surface area contributed by atoms with Gasteiger partial charge in [-0.25, -0.2) is 13.1 Å². The summed E-state index contributed by atoms with van der Waals surface area (Å²) in [5, 5.41) is 12.0. The normalized spacial score (nSPS) is 15.1. The Morgan fingerprint density at radius 2 is 1.78 bits per heavy atom. The average molecular weight is 388 g/mol. The molecule has 1 aliphatic carbocycles. The Kier molecular flexibility index (Phi) is 5.57. The molecule has 0 aliphatic heterocycles. The summed E-state index contributed by atoms with van der Waals surface area (Å²) in [4.78, 5) is 23.9. The molecule has 1 atom stereocenters. The van der Waals surface area contributed by atoms with Crippen molar-refractivity contribution >= 4 is 21.9 Å². The molecular weight excluding hydrogens is 368 g/mol. The van der Waals surface area contributed by atoms with Crippen molar-refractivity contribution < 1.29 is 23.1 Å². The first kappa shape index (κ1) is 19.1. The van der Waals surface area contributed by atoms with Gasteiger partial charge in [0.1, 0.15) is 0 Å². The van der Waals surface area contributed by atoms with E-state index in [1.807, 2.05) is 0 Å². The van der Waals surface area contributed by atoms with Crippen LogP contribution in [0.1, 0.15) is 34.7 Å². The van der Waals surface area contributed by atoms with E-state index in [2.05, 4.69) is 10.0 Å². The quantitative estimate of drug-likeness (QED) is 0.637. The molecule has 3 rings (SSSR count). The number of hydrogen-bond acceptors (Lipinski definition) is 4. The van der Waals surface area contributed by atoms with Crippen LogP contribution in [0.25, 0.3) is 0 Å². The topological polar surface area (TPSA) is 113 Å². The lowest BCUT2D eigenvalue weighted by atomic mass is 9.99. The average Bonchev–Trinajstić information content (AvgIpc) is 3.46. The number of carboxylic acids is 1. The van der Waals surface area contributed by atoms with Gasteiger partial charge in [0.05, 0.1) is 10.8 Å². The maximum atomic E-state index is 12.4. The standard InChI is InChI=1S/C19H20N2O5S/c22-18(20-12-17(19(23)24)13-5-2-1-3-6-13)14-7-4-8-16(11-14)27(25,26)21-15-9-10-15/h1-8,11,15,17,21H,9-10,12H2,(H,20,22)(H,23,24). The second kappa shape index (κ2) is 7.89. The number of nitrogens with one attached hydrogen (secondary N) is 2. The number of benzene rings is 2. The summed E-state index contributed by atoms with van der Waals surface area (Å²) in [6, 6.07) is 14.3. The minimum absolute atomic E-state index is 0.0138. The second-order valence-electron chi connectivity index (χ2n) is 6.43. The van der Waals surface area contributed by atoms with E-state index in [1.54, 1.807) is 30.3 Å². The SMILES string of the molecule is O=C(NCC(C(=O)O)c1ccccc1)c1cccc(S(=O)(=O)NC2CC2)c1. The van der Waals surface area contributed by atoms with E-state index in [9.17, 15) is 23.1 Å². The first-order valence-electron chi connectivity index (χ1n) is 8.55. The minimum Gasteiger partial charge on any atom is -0.481 e. The molecule has 142 valence electrons. The third-order valence-corrected chi connectivity index (χ3v) is 5.79. The second-order valence-corrected chi connectivity index (χ2v) is 8.15.